The highest BCUT2D eigenvalue weighted by Gasteiger charge is 2.12. The molecule has 0 radical (unpaired) electrons. The van der Waals surface area contributed by atoms with Crippen LogP contribution in [-0.4, -0.2) is 57.5 Å². The Morgan fingerprint density at radius 2 is 1.87 bits per heavy atom. The number of rotatable bonds is 6. The monoisotopic (exact) mass is 234 g/mol. The first-order valence-electron chi connectivity index (χ1n) is 5.77. The average Bonchev–Trinajstić information content (AvgIpc) is 2.19. The normalized spacial score (nSPS) is 19.3. The van der Waals surface area contributed by atoms with Crippen molar-refractivity contribution in [3.8, 4) is 0 Å². The summed E-state index contributed by atoms with van der Waals surface area (Å²) in [6.07, 6.45) is 1.51. The van der Waals surface area contributed by atoms with Gasteiger partial charge in [0.1, 0.15) is 9.84 Å². The van der Waals surface area contributed by atoms with Crippen molar-refractivity contribution < 1.29 is 8.42 Å². The lowest BCUT2D eigenvalue weighted by atomic mass is 10.3. The van der Waals surface area contributed by atoms with Crippen LogP contribution in [0.25, 0.3) is 0 Å². The third-order valence-electron chi connectivity index (χ3n) is 2.65. The number of nitrogens with one attached hydrogen (secondary N) is 1. The second-order valence-corrected chi connectivity index (χ2v) is 6.40. The van der Waals surface area contributed by atoms with E-state index in [1.54, 1.807) is 0 Å². The Hall–Kier alpha value is -0.130. The molecule has 0 amide bonds. The van der Waals surface area contributed by atoms with Crippen molar-refractivity contribution in [3.05, 3.63) is 0 Å². The van der Waals surface area contributed by atoms with E-state index in [0.717, 1.165) is 45.6 Å². The van der Waals surface area contributed by atoms with E-state index < -0.39 is 9.84 Å². The van der Waals surface area contributed by atoms with Crippen molar-refractivity contribution in [1.29, 1.82) is 0 Å². The van der Waals surface area contributed by atoms with Crippen molar-refractivity contribution >= 4 is 9.84 Å². The first kappa shape index (κ1) is 12.9. The number of piperazine rings is 1. The summed E-state index contributed by atoms with van der Waals surface area (Å²) in [5.74, 6) is 0.694. The Labute approximate surface area is 93.0 Å². The minimum Gasteiger partial charge on any atom is -0.314 e. The van der Waals surface area contributed by atoms with Crippen molar-refractivity contribution in [2.45, 2.75) is 19.8 Å². The van der Waals surface area contributed by atoms with Crippen LogP contribution in [0.2, 0.25) is 0 Å². The van der Waals surface area contributed by atoms with Gasteiger partial charge in [-0.1, -0.05) is 6.92 Å². The van der Waals surface area contributed by atoms with Crippen molar-refractivity contribution in [3.63, 3.8) is 0 Å². The van der Waals surface area contributed by atoms with E-state index in [1.807, 2.05) is 6.92 Å². The van der Waals surface area contributed by atoms with E-state index in [2.05, 4.69) is 10.2 Å². The Bertz CT molecular complexity index is 259. The minimum atomic E-state index is -2.77. The molecule has 0 unspecified atom stereocenters. The summed E-state index contributed by atoms with van der Waals surface area (Å²) < 4.78 is 22.9. The van der Waals surface area contributed by atoms with Crippen LogP contribution in [-0.2, 0) is 9.84 Å². The molecule has 90 valence electrons. The molecule has 0 aliphatic carbocycles. The van der Waals surface area contributed by atoms with Gasteiger partial charge in [0, 0.05) is 31.9 Å². The summed E-state index contributed by atoms with van der Waals surface area (Å²) >= 11 is 0. The predicted molar refractivity (Wildman–Crippen MR) is 62.9 cm³/mol. The SMILES string of the molecule is CCCS(=O)(=O)CCCN1CCNCC1. The van der Waals surface area contributed by atoms with E-state index in [0.29, 0.717) is 11.5 Å². The summed E-state index contributed by atoms with van der Waals surface area (Å²) in [4.78, 5) is 2.33. The molecule has 0 aromatic heterocycles. The Kier molecular flexibility index (Phi) is 5.56. The lowest BCUT2D eigenvalue weighted by Gasteiger charge is -2.26. The van der Waals surface area contributed by atoms with E-state index in [9.17, 15) is 8.42 Å². The van der Waals surface area contributed by atoms with Gasteiger partial charge >= 0.3 is 0 Å². The van der Waals surface area contributed by atoms with Crippen LogP contribution in [0.15, 0.2) is 0 Å². The van der Waals surface area contributed by atoms with Gasteiger partial charge in [0.05, 0.1) is 5.75 Å². The van der Waals surface area contributed by atoms with E-state index in [1.165, 1.54) is 0 Å². The van der Waals surface area contributed by atoms with Crippen molar-refractivity contribution in [2.24, 2.45) is 0 Å². The number of sulfone groups is 1. The van der Waals surface area contributed by atoms with E-state index in [4.69, 9.17) is 0 Å². The quantitative estimate of drug-likeness (QED) is 0.708. The smallest absolute Gasteiger partial charge is 0.150 e. The maximum Gasteiger partial charge on any atom is 0.150 e. The van der Waals surface area contributed by atoms with Gasteiger partial charge < -0.3 is 10.2 Å². The molecule has 1 fully saturated rings. The standard InChI is InChI=1S/C10H22N2O2S/c1-2-9-15(13,14)10-3-6-12-7-4-11-5-8-12/h11H,2-10H2,1H3. The van der Waals surface area contributed by atoms with Crippen LogP contribution in [0, 0.1) is 0 Å². The fourth-order valence-electron chi connectivity index (χ4n) is 1.86. The second kappa shape index (κ2) is 6.45. The van der Waals surface area contributed by atoms with Crippen LogP contribution < -0.4 is 5.32 Å². The first-order valence-corrected chi connectivity index (χ1v) is 7.59. The highest BCUT2D eigenvalue weighted by molar-refractivity contribution is 7.91. The topological polar surface area (TPSA) is 49.4 Å². The summed E-state index contributed by atoms with van der Waals surface area (Å²) in [6, 6.07) is 0. The fraction of sp³-hybridized carbons (Fsp3) is 1.00. The van der Waals surface area contributed by atoms with Crippen LogP contribution in [0.5, 0.6) is 0 Å². The maximum absolute atomic E-state index is 11.4. The first-order chi connectivity index (χ1) is 7.14. The van der Waals surface area contributed by atoms with Gasteiger partial charge in [-0.3, -0.25) is 0 Å². The number of nitrogens with zero attached hydrogens (tertiary/aromatic N) is 1. The molecule has 1 N–H and O–H groups in total. The predicted octanol–water partition coefficient (Wildman–Crippen LogP) is 0.107. The third kappa shape index (κ3) is 5.49. The lowest BCUT2D eigenvalue weighted by Crippen LogP contribution is -2.44. The van der Waals surface area contributed by atoms with Gasteiger partial charge in [0.2, 0.25) is 0 Å². The van der Waals surface area contributed by atoms with Crippen LogP contribution in [0.1, 0.15) is 19.8 Å². The lowest BCUT2D eigenvalue weighted by molar-refractivity contribution is 0.242. The van der Waals surface area contributed by atoms with Crippen LogP contribution in [0.4, 0.5) is 0 Å². The molecular formula is C10H22N2O2S. The molecule has 0 aromatic rings. The summed E-state index contributed by atoms with van der Waals surface area (Å²) in [5.41, 5.74) is 0. The molecule has 1 saturated heterocycles. The fourth-order valence-corrected chi connectivity index (χ4v) is 3.25. The molecule has 0 atom stereocenters. The molecular weight excluding hydrogens is 212 g/mol. The molecule has 0 spiro atoms. The maximum atomic E-state index is 11.4. The Morgan fingerprint density at radius 1 is 1.20 bits per heavy atom. The van der Waals surface area contributed by atoms with Crippen molar-refractivity contribution in [1.82, 2.24) is 10.2 Å². The zero-order valence-electron chi connectivity index (χ0n) is 9.54. The zero-order valence-corrected chi connectivity index (χ0v) is 10.4. The summed E-state index contributed by atoms with van der Waals surface area (Å²) in [6.45, 7) is 6.99. The largest absolute Gasteiger partial charge is 0.314 e. The van der Waals surface area contributed by atoms with Gasteiger partial charge in [-0.2, -0.15) is 0 Å². The number of hydrogen-bond acceptors (Lipinski definition) is 4. The van der Waals surface area contributed by atoms with Crippen LogP contribution >= 0.6 is 0 Å². The van der Waals surface area contributed by atoms with E-state index >= 15 is 0 Å². The van der Waals surface area contributed by atoms with Crippen molar-refractivity contribution in [2.75, 3.05) is 44.2 Å². The molecule has 5 heteroatoms. The van der Waals surface area contributed by atoms with E-state index in [-0.39, 0.29) is 0 Å². The second-order valence-electron chi connectivity index (χ2n) is 4.10. The van der Waals surface area contributed by atoms with Gasteiger partial charge in [0.15, 0.2) is 0 Å². The summed E-state index contributed by atoms with van der Waals surface area (Å²) in [5, 5.41) is 3.28. The van der Waals surface area contributed by atoms with Gasteiger partial charge in [0.25, 0.3) is 0 Å². The minimum absolute atomic E-state index is 0.342. The molecule has 1 aliphatic heterocycles. The average molecular weight is 234 g/mol. The van der Waals surface area contributed by atoms with Gasteiger partial charge in [-0.05, 0) is 19.4 Å². The summed E-state index contributed by atoms with van der Waals surface area (Å²) in [7, 11) is -2.77. The highest BCUT2D eigenvalue weighted by atomic mass is 32.2. The molecule has 0 saturated carbocycles. The third-order valence-corrected chi connectivity index (χ3v) is 4.60. The van der Waals surface area contributed by atoms with Crippen LogP contribution in [0.3, 0.4) is 0 Å². The van der Waals surface area contributed by atoms with Gasteiger partial charge in [-0.25, -0.2) is 8.42 Å². The number of hydrogen-bond donors (Lipinski definition) is 1. The molecule has 0 bridgehead atoms. The molecule has 4 nitrogen and oxygen atoms in total. The Balaban J connectivity index is 2.14. The molecule has 1 heterocycles. The highest BCUT2D eigenvalue weighted by Crippen LogP contribution is 2.00. The van der Waals surface area contributed by atoms with Gasteiger partial charge in [-0.15, -0.1) is 0 Å². The molecule has 0 aromatic carbocycles. The molecule has 1 aliphatic rings. The Morgan fingerprint density at radius 3 is 2.47 bits per heavy atom. The molecule has 1 rings (SSSR count). The molecule has 15 heavy (non-hydrogen) atoms. The zero-order chi connectivity index (χ0) is 11.1.